The summed E-state index contributed by atoms with van der Waals surface area (Å²) in [6, 6.07) is 1.43. The van der Waals surface area contributed by atoms with Crippen LogP contribution in [0.2, 0.25) is 0 Å². The summed E-state index contributed by atoms with van der Waals surface area (Å²) >= 11 is 0. The highest BCUT2D eigenvalue weighted by atomic mass is 19.3. The van der Waals surface area contributed by atoms with Crippen LogP contribution >= 0.6 is 0 Å². The van der Waals surface area contributed by atoms with Crippen LogP contribution in [0.25, 0.3) is 0 Å². The number of alkyl halides is 2. The van der Waals surface area contributed by atoms with Gasteiger partial charge in [-0.1, -0.05) is 0 Å². The Morgan fingerprint density at radius 1 is 1.44 bits per heavy atom. The molecule has 1 saturated heterocycles. The van der Waals surface area contributed by atoms with Gasteiger partial charge in [-0.2, -0.15) is 0 Å². The van der Waals surface area contributed by atoms with Crippen LogP contribution in [0, 0.1) is 0 Å². The number of piperidine rings is 1. The zero-order valence-electron chi connectivity index (χ0n) is 8.81. The van der Waals surface area contributed by atoms with E-state index < -0.39 is 6.43 Å². The monoisotopic (exact) mass is 228 g/mol. The molecule has 6 heteroatoms. The van der Waals surface area contributed by atoms with Gasteiger partial charge >= 0.3 is 0 Å². The number of rotatable bonds is 2. The molecule has 2 rings (SSSR count). The summed E-state index contributed by atoms with van der Waals surface area (Å²) in [5.74, 6) is 0.542. The minimum absolute atomic E-state index is 0.0960. The van der Waals surface area contributed by atoms with Crippen LogP contribution < -0.4 is 10.6 Å². The van der Waals surface area contributed by atoms with E-state index in [0.717, 1.165) is 19.4 Å². The van der Waals surface area contributed by atoms with Gasteiger partial charge in [0.2, 0.25) is 0 Å². The number of aromatic nitrogens is 2. The third-order valence-electron chi connectivity index (χ3n) is 2.68. The van der Waals surface area contributed by atoms with Crippen LogP contribution in [-0.4, -0.2) is 29.1 Å². The number of halogens is 2. The molecule has 1 fully saturated rings. The molecule has 88 valence electrons. The Kier molecular flexibility index (Phi) is 3.28. The Morgan fingerprint density at radius 3 is 2.94 bits per heavy atom. The van der Waals surface area contributed by atoms with E-state index >= 15 is 0 Å². The van der Waals surface area contributed by atoms with E-state index in [1.807, 2.05) is 4.90 Å². The van der Waals surface area contributed by atoms with Gasteiger partial charge in [-0.25, -0.2) is 18.7 Å². The van der Waals surface area contributed by atoms with Crippen molar-refractivity contribution in [3.63, 3.8) is 0 Å². The van der Waals surface area contributed by atoms with Crippen LogP contribution in [0.4, 0.5) is 14.6 Å². The van der Waals surface area contributed by atoms with Crippen LogP contribution in [0.5, 0.6) is 0 Å². The van der Waals surface area contributed by atoms with Crippen molar-refractivity contribution in [2.24, 2.45) is 5.73 Å². The maximum absolute atomic E-state index is 12.5. The van der Waals surface area contributed by atoms with Gasteiger partial charge in [0.1, 0.15) is 17.8 Å². The molecule has 2 N–H and O–H groups in total. The fraction of sp³-hybridized carbons (Fsp3) is 0.600. The number of nitrogens with zero attached hydrogens (tertiary/aromatic N) is 3. The van der Waals surface area contributed by atoms with Crippen LogP contribution in [0.3, 0.4) is 0 Å². The smallest absolute Gasteiger partial charge is 0.280 e. The van der Waals surface area contributed by atoms with Crippen LogP contribution in [0.15, 0.2) is 12.4 Å². The average molecular weight is 228 g/mol. The molecule has 0 bridgehead atoms. The second-order valence-electron chi connectivity index (χ2n) is 3.95. The highest BCUT2D eigenvalue weighted by Gasteiger charge is 2.19. The molecule has 16 heavy (non-hydrogen) atoms. The van der Waals surface area contributed by atoms with Crippen molar-refractivity contribution in [3.8, 4) is 0 Å². The summed E-state index contributed by atoms with van der Waals surface area (Å²) < 4.78 is 24.9. The second kappa shape index (κ2) is 4.69. The molecule has 1 aliphatic heterocycles. The number of hydrogen-bond acceptors (Lipinski definition) is 4. The molecule has 0 saturated carbocycles. The molecule has 0 aromatic carbocycles. The van der Waals surface area contributed by atoms with E-state index in [9.17, 15) is 8.78 Å². The SMILES string of the molecule is NC1CCCN(c2cc(C(F)F)ncn2)C1. The Labute approximate surface area is 92.5 Å². The minimum atomic E-state index is -2.56. The molecule has 2 heterocycles. The molecular weight excluding hydrogens is 214 g/mol. The summed E-state index contributed by atoms with van der Waals surface area (Å²) in [4.78, 5) is 9.47. The highest BCUT2D eigenvalue weighted by Crippen LogP contribution is 2.21. The molecule has 0 aliphatic carbocycles. The van der Waals surface area contributed by atoms with Crippen molar-refractivity contribution < 1.29 is 8.78 Å². The van der Waals surface area contributed by atoms with E-state index in [0.29, 0.717) is 12.4 Å². The van der Waals surface area contributed by atoms with Crippen molar-refractivity contribution in [1.29, 1.82) is 0 Å². The van der Waals surface area contributed by atoms with Gasteiger partial charge in [0.25, 0.3) is 6.43 Å². The topological polar surface area (TPSA) is 55.0 Å². The maximum atomic E-state index is 12.5. The molecule has 0 spiro atoms. The Hall–Kier alpha value is -1.30. The standard InChI is InChI=1S/C10H14F2N4/c11-10(12)8-4-9(15-6-14-8)16-3-1-2-7(13)5-16/h4,6-7,10H,1-3,5,13H2. The number of hydrogen-bond donors (Lipinski definition) is 1. The number of anilines is 1. The number of nitrogens with two attached hydrogens (primary N) is 1. The van der Waals surface area contributed by atoms with E-state index in [1.54, 1.807) is 0 Å². The predicted molar refractivity (Wildman–Crippen MR) is 56.4 cm³/mol. The van der Waals surface area contributed by atoms with E-state index in [1.165, 1.54) is 12.4 Å². The van der Waals surface area contributed by atoms with E-state index in [-0.39, 0.29) is 11.7 Å². The molecular formula is C10H14F2N4. The fourth-order valence-corrected chi connectivity index (χ4v) is 1.87. The second-order valence-corrected chi connectivity index (χ2v) is 3.95. The zero-order chi connectivity index (χ0) is 11.5. The minimum Gasteiger partial charge on any atom is -0.355 e. The van der Waals surface area contributed by atoms with Gasteiger partial charge in [-0.3, -0.25) is 0 Å². The summed E-state index contributed by atoms with van der Waals surface area (Å²) in [6.45, 7) is 1.48. The largest absolute Gasteiger partial charge is 0.355 e. The molecule has 1 aliphatic rings. The first-order valence-corrected chi connectivity index (χ1v) is 5.27. The first-order valence-electron chi connectivity index (χ1n) is 5.27. The summed E-state index contributed by atoms with van der Waals surface area (Å²) in [5.41, 5.74) is 5.59. The Morgan fingerprint density at radius 2 is 2.25 bits per heavy atom. The predicted octanol–water partition coefficient (Wildman–Crippen LogP) is 1.34. The molecule has 0 radical (unpaired) electrons. The normalized spacial score (nSPS) is 21.5. The zero-order valence-corrected chi connectivity index (χ0v) is 8.81. The van der Waals surface area contributed by atoms with Gasteiger partial charge in [0.15, 0.2) is 0 Å². The first-order chi connectivity index (χ1) is 7.66. The highest BCUT2D eigenvalue weighted by molar-refractivity contribution is 5.39. The lowest BCUT2D eigenvalue weighted by Gasteiger charge is -2.31. The molecule has 4 nitrogen and oxygen atoms in total. The first kappa shape index (κ1) is 11.2. The molecule has 1 aromatic rings. The van der Waals surface area contributed by atoms with Gasteiger partial charge in [-0.15, -0.1) is 0 Å². The van der Waals surface area contributed by atoms with E-state index in [2.05, 4.69) is 9.97 Å². The van der Waals surface area contributed by atoms with E-state index in [4.69, 9.17) is 5.73 Å². The molecule has 1 unspecified atom stereocenters. The van der Waals surface area contributed by atoms with Crippen LogP contribution in [0.1, 0.15) is 25.0 Å². The summed E-state index contributed by atoms with van der Waals surface area (Å²) in [6.07, 6.45) is 0.565. The van der Waals surface area contributed by atoms with Crippen LogP contribution in [-0.2, 0) is 0 Å². The van der Waals surface area contributed by atoms with Crippen molar-refractivity contribution in [1.82, 2.24) is 9.97 Å². The lowest BCUT2D eigenvalue weighted by atomic mass is 10.1. The fourth-order valence-electron chi connectivity index (χ4n) is 1.87. The average Bonchev–Trinajstić information content (AvgIpc) is 2.29. The Balaban J connectivity index is 2.16. The quantitative estimate of drug-likeness (QED) is 0.830. The lowest BCUT2D eigenvalue weighted by Crippen LogP contribution is -2.43. The molecule has 0 amide bonds. The van der Waals surface area contributed by atoms with Gasteiger partial charge in [-0.05, 0) is 12.8 Å². The maximum Gasteiger partial charge on any atom is 0.280 e. The summed E-state index contributed by atoms with van der Waals surface area (Å²) in [5, 5.41) is 0. The third-order valence-corrected chi connectivity index (χ3v) is 2.68. The summed E-state index contributed by atoms with van der Waals surface area (Å²) in [7, 11) is 0. The van der Waals surface area contributed by atoms with Crippen molar-refractivity contribution in [2.45, 2.75) is 25.3 Å². The van der Waals surface area contributed by atoms with Gasteiger partial charge < -0.3 is 10.6 Å². The third kappa shape index (κ3) is 2.44. The molecule has 1 atom stereocenters. The van der Waals surface area contributed by atoms with Crippen molar-refractivity contribution in [3.05, 3.63) is 18.1 Å². The van der Waals surface area contributed by atoms with Crippen molar-refractivity contribution in [2.75, 3.05) is 18.0 Å². The van der Waals surface area contributed by atoms with Gasteiger partial charge in [0.05, 0.1) is 0 Å². The lowest BCUT2D eigenvalue weighted by molar-refractivity contribution is 0.146. The molecule has 1 aromatic heterocycles. The van der Waals surface area contributed by atoms with Crippen molar-refractivity contribution >= 4 is 5.82 Å². The van der Waals surface area contributed by atoms with Gasteiger partial charge in [0, 0.05) is 25.2 Å². The Bertz CT molecular complexity index is 358.